The van der Waals surface area contributed by atoms with Crippen LogP contribution in [0.4, 0.5) is 10.5 Å². The highest BCUT2D eigenvalue weighted by Gasteiger charge is 2.43. The molecule has 128 valence electrons. The van der Waals surface area contributed by atoms with Crippen LogP contribution < -0.4 is 5.32 Å². The number of nitrogens with one attached hydrogen (secondary N) is 1. The normalized spacial score (nSPS) is 19.9. The van der Waals surface area contributed by atoms with Crippen LogP contribution in [0.1, 0.15) is 45.7 Å². The smallest absolute Gasteiger partial charge is 0.322 e. The number of ether oxygens (including phenoxy) is 1. The number of hydrogen-bond acceptors (Lipinski definition) is 3. The van der Waals surface area contributed by atoms with Crippen molar-refractivity contribution in [3.63, 3.8) is 0 Å². The average Bonchev–Trinajstić information content (AvgIpc) is 2.86. The fraction of sp³-hybridized carbons (Fsp3) is 0.765. The van der Waals surface area contributed by atoms with Crippen LogP contribution in [0.25, 0.3) is 0 Å². The average molecular weight is 320 g/mol. The lowest BCUT2D eigenvalue weighted by molar-refractivity contribution is -0.140. The molecule has 1 spiro atoms. The van der Waals surface area contributed by atoms with E-state index < -0.39 is 0 Å². The number of morpholine rings is 1. The molecule has 0 atom stereocenters. The zero-order valence-corrected chi connectivity index (χ0v) is 14.5. The van der Waals surface area contributed by atoms with Crippen molar-refractivity contribution in [1.82, 2.24) is 14.7 Å². The number of anilines is 1. The summed E-state index contributed by atoms with van der Waals surface area (Å²) in [6, 6.07) is -0.0293. The number of nitrogens with zero attached hydrogens (tertiary/aromatic N) is 3. The van der Waals surface area contributed by atoms with Crippen molar-refractivity contribution in [2.75, 3.05) is 25.0 Å². The summed E-state index contributed by atoms with van der Waals surface area (Å²) in [5.74, 6) is 0.529. The van der Waals surface area contributed by atoms with E-state index in [4.69, 9.17) is 4.74 Å². The molecular formula is C17H28N4O2. The number of aromatic nitrogens is 2. The van der Waals surface area contributed by atoms with Gasteiger partial charge in [0.1, 0.15) is 0 Å². The van der Waals surface area contributed by atoms with Gasteiger partial charge in [-0.3, -0.25) is 4.68 Å². The maximum absolute atomic E-state index is 12.6. The van der Waals surface area contributed by atoms with Gasteiger partial charge >= 0.3 is 6.03 Å². The van der Waals surface area contributed by atoms with Crippen molar-refractivity contribution in [3.8, 4) is 0 Å². The van der Waals surface area contributed by atoms with Crippen molar-refractivity contribution in [3.05, 3.63) is 11.9 Å². The maximum Gasteiger partial charge on any atom is 0.322 e. The molecule has 0 radical (unpaired) electrons. The van der Waals surface area contributed by atoms with E-state index in [1.165, 1.54) is 6.42 Å². The Bertz CT molecular complexity index is 563. The standard InChI is InChI=1S/C17H28N4O2/c1-4-15-14(10-18-21(15)11-13(2)3)19-16(22)20-8-9-23-17(12-20)6-5-7-17/h10,13H,4-9,11-12H2,1-3H3,(H,19,22). The van der Waals surface area contributed by atoms with Crippen molar-refractivity contribution in [2.24, 2.45) is 5.92 Å². The SMILES string of the molecule is CCc1c(NC(=O)N2CCOC3(CCC3)C2)cnn1CC(C)C. The second kappa shape index (κ2) is 6.51. The van der Waals surface area contributed by atoms with E-state index in [2.05, 4.69) is 31.2 Å². The molecule has 0 bridgehead atoms. The number of amides is 2. The van der Waals surface area contributed by atoms with Crippen LogP contribution in [-0.2, 0) is 17.7 Å². The molecular weight excluding hydrogens is 292 g/mol. The number of urea groups is 1. The van der Waals surface area contributed by atoms with Gasteiger partial charge < -0.3 is 15.0 Å². The molecule has 23 heavy (non-hydrogen) atoms. The molecule has 0 aromatic carbocycles. The molecule has 2 amide bonds. The molecule has 1 saturated heterocycles. The molecule has 2 aliphatic rings. The van der Waals surface area contributed by atoms with Crippen LogP contribution in [0.3, 0.4) is 0 Å². The van der Waals surface area contributed by atoms with Gasteiger partial charge in [-0.05, 0) is 31.6 Å². The number of carbonyl (C=O) groups is 1. The summed E-state index contributed by atoms with van der Waals surface area (Å²) in [5, 5.41) is 7.50. The van der Waals surface area contributed by atoms with Crippen molar-refractivity contribution in [1.29, 1.82) is 0 Å². The van der Waals surface area contributed by atoms with Crippen molar-refractivity contribution in [2.45, 2.75) is 58.6 Å². The van der Waals surface area contributed by atoms with Gasteiger partial charge in [0.05, 0.1) is 36.3 Å². The lowest BCUT2D eigenvalue weighted by atomic mass is 9.79. The molecule has 1 N–H and O–H groups in total. The predicted molar refractivity (Wildman–Crippen MR) is 89.6 cm³/mol. The van der Waals surface area contributed by atoms with Crippen LogP contribution in [0.2, 0.25) is 0 Å². The van der Waals surface area contributed by atoms with Crippen molar-refractivity contribution < 1.29 is 9.53 Å². The van der Waals surface area contributed by atoms with Gasteiger partial charge in [-0.1, -0.05) is 20.8 Å². The molecule has 1 aliphatic heterocycles. The van der Waals surface area contributed by atoms with E-state index in [9.17, 15) is 4.79 Å². The van der Waals surface area contributed by atoms with E-state index in [1.54, 1.807) is 6.20 Å². The van der Waals surface area contributed by atoms with Gasteiger partial charge in [-0.25, -0.2) is 4.79 Å². The summed E-state index contributed by atoms with van der Waals surface area (Å²) < 4.78 is 7.89. The van der Waals surface area contributed by atoms with Gasteiger partial charge in [0.2, 0.25) is 0 Å². The first-order valence-corrected chi connectivity index (χ1v) is 8.77. The number of rotatable bonds is 4. The van der Waals surface area contributed by atoms with Gasteiger partial charge in [0, 0.05) is 13.1 Å². The molecule has 2 heterocycles. The fourth-order valence-electron chi connectivity index (χ4n) is 3.48. The zero-order valence-electron chi connectivity index (χ0n) is 14.5. The Morgan fingerprint density at radius 3 is 2.87 bits per heavy atom. The highest BCUT2D eigenvalue weighted by Crippen LogP contribution is 2.38. The summed E-state index contributed by atoms with van der Waals surface area (Å²) >= 11 is 0. The number of carbonyl (C=O) groups excluding carboxylic acids is 1. The first-order valence-electron chi connectivity index (χ1n) is 8.77. The second-order valence-electron chi connectivity index (χ2n) is 7.17. The summed E-state index contributed by atoms with van der Waals surface area (Å²) in [6.45, 7) is 9.33. The molecule has 1 aromatic rings. The quantitative estimate of drug-likeness (QED) is 0.928. The van der Waals surface area contributed by atoms with Crippen molar-refractivity contribution >= 4 is 11.7 Å². The molecule has 1 aromatic heterocycles. The highest BCUT2D eigenvalue weighted by atomic mass is 16.5. The maximum atomic E-state index is 12.6. The Morgan fingerprint density at radius 2 is 2.26 bits per heavy atom. The molecule has 2 fully saturated rings. The highest BCUT2D eigenvalue weighted by molar-refractivity contribution is 5.90. The lowest BCUT2D eigenvalue weighted by Crippen LogP contribution is -2.57. The second-order valence-corrected chi connectivity index (χ2v) is 7.17. The monoisotopic (exact) mass is 320 g/mol. The topological polar surface area (TPSA) is 59.4 Å². The van der Waals surface area contributed by atoms with Crippen LogP contribution in [0, 0.1) is 5.92 Å². The minimum absolute atomic E-state index is 0.0293. The predicted octanol–water partition coefficient (Wildman–Crippen LogP) is 2.89. The molecule has 3 rings (SSSR count). The Labute approximate surface area is 138 Å². The van der Waals surface area contributed by atoms with E-state index in [0.717, 1.165) is 37.2 Å². The summed E-state index contributed by atoms with van der Waals surface area (Å²) in [6.07, 6.45) is 5.98. The molecule has 6 nitrogen and oxygen atoms in total. The summed E-state index contributed by atoms with van der Waals surface area (Å²) in [4.78, 5) is 14.5. The molecule has 1 aliphatic carbocycles. The lowest BCUT2D eigenvalue weighted by Gasteiger charge is -2.48. The minimum Gasteiger partial charge on any atom is -0.371 e. The van der Waals surface area contributed by atoms with Gasteiger partial charge in [-0.2, -0.15) is 5.10 Å². The Morgan fingerprint density at radius 1 is 1.48 bits per heavy atom. The third kappa shape index (κ3) is 3.37. The Balaban J connectivity index is 1.66. The van der Waals surface area contributed by atoms with E-state index in [-0.39, 0.29) is 11.6 Å². The first-order chi connectivity index (χ1) is 11.0. The fourth-order valence-corrected chi connectivity index (χ4v) is 3.48. The molecule has 0 unspecified atom stereocenters. The number of hydrogen-bond donors (Lipinski definition) is 1. The van der Waals surface area contributed by atoms with Crippen LogP contribution >= 0.6 is 0 Å². The van der Waals surface area contributed by atoms with Gasteiger partial charge in [-0.15, -0.1) is 0 Å². The molecule has 6 heteroatoms. The van der Waals surface area contributed by atoms with Crippen LogP contribution in [0.15, 0.2) is 6.20 Å². The van der Waals surface area contributed by atoms with E-state index >= 15 is 0 Å². The Hall–Kier alpha value is -1.56. The third-order valence-electron chi connectivity index (χ3n) is 4.86. The largest absolute Gasteiger partial charge is 0.371 e. The van der Waals surface area contributed by atoms with Gasteiger partial charge in [0.25, 0.3) is 0 Å². The summed E-state index contributed by atoms with van der Waals surface area (Å²) in [7, 11) is 0. The van der Waals surface area contributed by atoms with Crippen LogP contribution in [-0.4, -0.2) is 46.0 Å². The molecule has 1 saturated carbocycles. The van der Waals surface area contributed by atoms with E-state index in [1.807, 2.05) is 9.58 Å². The van der Waals surface area contributed by atoms with Gasteiger partial charge in [0.15, 0.2) is 0 Å². The minimum atomic E-state index is -0.0645. The van der Waals surface area contributed by atoms with E-state index in [0.29, 0.717) is 25.6 Å². The van der Waals surface area contributed by atoms with Crippen LogP contribution in [0.5, 0.6) is 0 Å². The summed E-state index contributed by atoms with van der Waals surface area (Å²) in [5.41, 5.74) is 1.87. The first kappa shape index (κ1) is 16.3. The Kier molecular flexibility index (Phi) is 4.62. The third-order valence-corrected chi connectivity index (χ3v) is 4.86. The zero-order chi connectivity index (χ0) is 16.4.